The molecule has 168 valence electrons. The molecule has 5 aliphatic rings. The van der Waals surface area contributed by atoms with E-state index in [0.717, 1.165) is 72.6 Å². The first-order chi connectivity index (χ1) is 15.6. The Balaban J connectivity index is 1.15. The number of benzene rings is 1. The Morgan fingerprint density at radius 3 is 2.53 bits per heavy atom. The lowest BCUT2D eigenvalue weighted by Crippen LogP contribution is -2.59. The Kier molecular flexibility index (Phi) is 4.21. The van der Waals surface area contributed by atoms with Gasteiger partial charge in [-0.15, -0.1) is 0 Å². The number of nitrogens with zero attached hydrogens (tertiary/aromatic N) is 6. The molecule has 3 aliphatic carbocycles. The van der Waals surface area contributed by atoms with Crippen molar-refractivity contribution in [1.29, 1.82) is 0 Å². The number of halogens is 1. The predicted octanol–water partition coefficient (Wildman–Crippen LogP) is 3.54. The molecule has 2 saturated heterocycles. The summed E-state index contributed by atoms with van der Waals surface area (Å²) in [5, 5.41) is 11.2. The maximum absolute atomic E-state index is 6.75. The Morgan fingerprint density at radius 1 is 1.03 bits per heavy atom. The molecule has 4 heterocycles. The topological polar surface area (TPSA) is 51.4 Å². The minimum Gasteiger partial charge on any atom is -0.379 e. The monoisotopic (exact) mass is 452 g/mol. The molecule has 7 nitrogen and oxygen atoms in total. The van der Waals surface area contributed by atoms with Gasteiger partial charge in [0.15, 0.2) is 0 Å². The van der Waals surface area contributed by atoms with E-state index in [9.17, 15) is 0 Å². The second kappa shape index (κ2) is 6.95. The minimum atomic E-state index is 0.294. The summed E-state index contributed by atoms with van der Waals surface area (Å²) in [5.41, 5.74) is 3.50. The van der Waals surface area contributed by atoms with Gasteiger partial charge >= 0.3 is 0 Å². The standard InChI is InChI=1S/C24H29ClN6O/c1-16-14-32-15-23(16)29-4-2-28(3-5-29)22-7-21-18(6-20(22)25)11-27-31(21)19-12-26-30(13-19)24-8-17(9-24)10-24/h6-7,11-13,16-17,23H,2-5,8-10,14-15H2,1H3/t16-,17?,23?,24?/m0/s1. The van der Waals surface area contributed by atoms with Gasteiger partial charge in [-0.05, 0) is 43.2 Å². The van der Waals surface area contributed by atoms with Gasteiger partial charge in [-0.2, -0.15) is 10.2 Å². The molecule has 0 spiro atoms. The zero-order chi connectivity index (χ0) is 21.4. The van der Waals surface area contributed by atoms with Crippen LogP contribution in [0.3, 0.4) is 0 Å². The second-order valence-electron chi connectivity index (χ2n) is 10.4. The quantitative estimate of drug-likeness (QED) is 0.606. The first-order valence-electron chi connectivity index (χ1n) is 11.9. The number of piperazine rings is 1. The minimum absolute atomic E-state index is 0.294. The van der Waals surface area contributed by atoms with Gasteiger partial charge in [-0.25, -0.2) is 4.68 Å². The summed E-state index contributed by atoms with van der Waals surface area (Å²) in [6, 6.07) is 4.81. The molecule has 1 unspecified atom stereocenters. The van der Waals surface area contributed by atoms with Gasteiger partial charge in [0.05, 0.1) is 53.6 Å². The molecule has 2 bridgehead atoms. The van der Waals surface area contributed by atoms with E-state index in [1.807, 2.05) is 17.1 Å². The number of hydrogen-bond acceptors (Lipinski definition) is 5. The fourth-order valence-electron chi connectivity index (χ4n) is 6.29. The zero-order valence-corrected chi connectivity index (χ0v) is 19.2. The Labute approximate surface area is 192 Å². The Hall–Kier alpha value is -2.09. The second-order valence-corrected chi connectivity index (χ2v) is 10.8. The Morgan fingerprint density at radius 2 is 1.84 bits per heavy atom. The summed E-state index contributed by atoms with van der Waals surface area (Å²) < 4.78 is 9.88. The van der Waals surface area contributed by atoms with Crippen molar-refractivity contribution in [3.63, 3.8) is 0 Å². The van der Waals surface area contributed by atoms with Crippen molar-refractivity contribution in [2.24, 2.45) is 11.8 Å². The number of anilines is 1. The van der Waals surface area contributed by atoms with Crippen molar-refractivity contribution in [2.45, 2.75) is 37.8 Å². The lowest BCUT2D eigenvalue weighted by atomic mass is 9.50. The highest BCUT2D eigenvalue weighted by atomic mass is 35.5. The van der Waals surface area contributed by atoms with Gasteiger partial charge in [0.2, 0.25) is 0 Å². The van der Waals surface area contributed by atoms with E-state index in [4.69, 9.17) is 21.4 Å². The third-order valence-corrected chi connectivity index (χ3v) is 8.69. The van der Waals surface area contributed by atoms with Crippen LogP contribution in [0.25, 0.3) is 16.6 Å². The molecule has 0 amide bonds. The molecule has 0 N–H and O–H groups in total. The van der Waals surface area contributed by atoms with Crippen LogP contribution in [0, 0.1) is 11.8 Å². The van der Waals surface area contributed by atoms with Crippen LogP contribution in [-0.4, -0.2) is 69.9 Å². The van der Waals surface area contributed by atoms with E-state index < -0.39 is 0 Å². The number of aromatic nitrogens is 4. The highest BCUT2D eigenvalue weighted by Crippen LogP contribution is 2.62. The molecule has 2 aromatic heterocycles. The van der Waals surface area contributed by atoms with E-state index in [-0.39, 0.29) is 0 Å². The molecule has 3 aromatic rings. The summed E-state index contributed by atoms with van der Waals surface area (Å²) in [4.78, 5) is 5.01. The highest BCUT2D eigenvalue weighted by Gasteiger charge is 2.58. The van der Waals surface area contributed by atoms with Crippen molar-refractivity contribution < 1.29 is 4.74 Å². The number of rotatable bonds is 4. The summed E-state index contributed by atoms with van der Waals surface area (Å²) in [6.07, 6.45) is 9.87. The predicted molar refractivity (Wildman–Crippen MR) is 125 cm³/mol. The first-order valence-corrected chi connectivity index (χ1v) is 12.3. The summed E-state index contributed by atoms with van der Waals surface area (Å²) in [7, 11) is 0. The van der Waals surface area contributed by atoms with Crippen LogP contribution >= 0.6 is 11.6 Å². The smallest absolute Gasteiger partial charge is 0.103 e. The van der Waals surface area contributed by atoms with E-state index in [1.165, 1.54) is 19.3 Å². The van der Waals surface area contributed by atoms with Crippen LogP contribution in [0.1, 0.15) is 26.2 Å². The third-order valence-electron chi connectivity index (χ3n) is 8.39. The molecule has 3 saturated carbocycles. The fourth-order valence-corrected chi connectivity index (χ4v) is 6.58. The van der Waals surface area contributed by atoms with Crippen molar-refractivity contribution in [2.75, 3.05) is 44.3 Å². The molecule has 2 atom stereocenters. The van der Waals surface area contributed by atoms with Crippen LogP contribution in [0.2, 0.25) is 5.02 Å². The van der Waals surface area contributed by atoms with Crippen molar-refractivity contribution in [3.05, 3.63) is 35.7 Å². The van der Waals surface area contributed by atoms with Gasteiger partial charge in [0.1, 0.15) is 5.69 Å². The van der Waals surface area contributed by atoms with Crippen LogP contribution in [0.4, 0.5) is 5.69 Å². The van der Waals surface area contributed by atoms with E-state index in [1.54, 1.807) is 0 Å². The molecule has 32 heavy (non-hydrogen) atoms. The molecule has 8 heteroatoms. The van der Waals surface area contributed by atoms with Gasteiger partial charge in [0, 0.05) is 37.6 Å². The summed E-state index contributed by atoms with van der Waals surface area (Å²) >= 11 is 6.75. The third kappa shape index (κ3) is 2.80. The van der Waals surface area contributed by atoms with Crippen molar-refractivity contribution in [1.82, 2.24) is 24.5 Å². The summed E-state index contributed by atoms with van der Waals surface area (Å²) in [5.74, 6) is 1.55. The molecular formula is C24H29ClN6O. The maximum atomic E-state index is 6.75. The molecule has 8 rings (SSSR count). The van der Waals surface area contributed by atoms with Crippen LogP contribution in [0.15, 0.2) is 30.7 Å². The Bertz CT molecular complexity index is 1160. The first kappa shape index (κ1) is 19.4. The van der Waals surface area contributed by atoms with Crippen LogP contribution < -0.4 is 4.90 Å². The maximum Gasteiger partial charge on any atom is 0.103 e. The van der Waals surface area contributed by atoms with E-state index in [0.29, 0.717) is 17.5 Å². The number of hydrogen-bond donors (Lipinski definition) is 0. The van der Waals surface area contributed by atoms with Gasteiger partial charge in [0.25, 0.3) is 0 Å². The molecule has 5 fully saturated rings. The van der Waals surface area contributed by atoms with Crippen LogP contribution in [-0.2, 0) is 10.3 Å². The molecule has 1 aromatic carbocycles. The average molecular weight is 453 g/mol. The van der Waals surface area contributed by atoms with Gasteiger partial charge < -0.3 is 9.64 Å². The van der Waals surface area contributed by atoms with Crippen molar-refractivity contribution >= 4 is 28.2 Å². The fraction of sp³-hybridized carbons (Fsp3) is 0.583. The normalized spacial score (nSPS) is 32.3. The van der Waals surface area contributed by atoms with Crippen LogP contribution in [0.5, 0.6) is 0 Å². The van der Waals surface area contributed by atoms with Crippen molar-refractivity contribution in [3.8, 4) is 5.69 Å². The number of fused-ring (bicyclic) bond motifs is 1. The molecule has 2 aliphatic heterocycles. The highest BCUT2D eigenvalue weighted by molar-refractivity contribution is 6.34. The van der Waals surface area contributed by atoms with Gasteiger partial charge in [-0.1, -0.05) is 18.5 Å². The van der Waals surface area contributed by atoms with E-state index >= 15 is 0 Å². The largest absolute Gasteiger partial charge is 0.379 e. The lowest BCUT2D eigenvalue weighted by Gasteiger charge is -2.61. The summed E-state index contributed by atoms with van der Waals surface area (Å²) in [6.45, 7) is 8.09. The lowest BCUT2D eigenvalue weighted by molar-refractivity contribution is -0.0977. The van der Waals surface area contributed by atoms with E-state index in [2.05, 4.69) is 44.8 Å². The SMILES string of the molecule is C[C@H]1COCC1N1CCN(c2cc3c(cnn3-c3cnn(C45CC(C4)C5)c3)cc2Cl)CC1. The zero-order valence-electron chi connectivity index (χ0n) is 18.5. The average Bonchev–Trinajstić information content (AvgIpc) is 3.45. The molecule has 0 radical (unpaired) electrons. The molecular weight excluding hydrogens is 424 g/mol. The van der Waals surface area contributed by atoms with Gasteiger partial charge in [-0.3, -0.25) is 9.58 Å². The number of ether oxygens (including phenoxy) is 1.